The average molecular weight is 270 g/mol. The third kappa shape index (κ3) is 4.54. The zero-order valence-electron chi connectivity index (χ0n) is 11.9. The third-order valence-electron chi connectivity index (χ3n) is 3.00. The number of carboxylic acids is 1. The van der Waals surface area contributed by atoms with Crippen LogP contribution < -0.4 is 5.32 Å². The zero-order chi connectivity index (χ0) is 14.8. The molecular weight excluding hydrogens is 248 g/mol. The monoisotopic (exact) mass is 270 g/mol. The highest BCUT2D eigenvalue weighted by Crippen LogP contribution is 2.25. The summed E-state index contributed by atoms with van der Waals surface area (Å²) in [7, 11) is 0. The molecule has 19 heavy (non-hydrogen) atoms. The Morgan fingerprint density at radius 2 is 1.89 bits per heavy atom. The third-order valence-corrected chi connectivity index (χ3v) is 3.00. The van der Waals surface area contributed by atoms with Gasteiger partial charge in [-0.3, -0.25) is 9.59 Å². The summed E-state index contributed by atoms with van der Waals surface area (Å²) in [6, 6.07) is -1.12. The molecule has 0 aliphatic carbocycles. The van der Waals surface area contributed by atoms with Gasteiger partial charge >= 0.3 is 5.97 Å². The number of nitrogens with one attached hydrogen (secondary N) is 1. The number of carbonyl (C=O) groups is 3. The molecule has 0 radical (unpaired) electrons. The first-order chi connectivity index (χ1) is 8.60. The first kappa shape index (κ1) is 15.5. The van der Waals surface area contributed by atoms with Crippen LogP contribution >= 0.6 is 0 Å². The van der Waals surface area contributed by atoms with E-state index < -0.39 is 12.0 Å². The molecular formula is C13H22N2O4. The SMILES string of the molecule is CC(=O)N[C@@H]1C[C@@H](C(=O)O)N(C(=O)CC(C)(C)C)C1. The normalized spacial score (nSPS) is 23.3. The number of amides is 2. The molecule has 2 N–H and O–H groups in total. The maximum absolute atomic E-state index is 12.2. The number of aliphatic carboxylic acids is 1. The maximum atomic E-state index is 12.2. The van der Waals surface area contributed by atoms with Crippen LogP contribution in [0.4, 0.5) is 0 Å². The van der Waals surface area contributed by atoms with Crippen molar-refractivity contribution in [3.8, 4) is 0 Å². The van der Waals surface area contributed by atoms with E-state index in [1.807, 2.05) is 20.8 Å². The lowest BCUT2D eigenvalue weighted by Gasteiger charge is -2.26. The first-order valence-corrected chi connectivity index (χ1v) is 6.39. The van der Waals surface area contributed by atoms with Gasteiger partial charge in [0, 0.05) is 32.4 Å². The molecule has 1 rings (SSSR count). The van der Waals surface area contributed by atoms with Crippen molar-refractivity contribution >= 4 is 17.8 Å². The van der Waals surface area contributed by atoms with E-state index in [0.29, 0.717) is 6.42 Å². The summed E-state index contributed by atoms with van der Waals surface area (Å²) < 4.78 is 0. The molecule has 1 fully saturated rings. The molecule has 0 aromatic heterocycles. The number of likely N-dealkylation sites (tertiary alicyclic amines) is 1. The van der Waals surface area contributed by atoms with E-state index in [1.54, 1.807) is 0 Å². The lowest BCUT2D eigenvalue weighted by Crippen LogP contribution is -2.42. The van der Waals surface area contributed by atoms with E-state index >= 15 is 0 Å². The Labute approximate surface area is 113 Å². The largest absolute Gasteiger partial charge is 0.480 e. The Kier molecular flexibility index (Phi) is 4.55. The van der Waals surface area contributed by atoms with Crippen molar-refractivity contribution in [2.75, 3.05) is 6.54 Å². The fourth-order valence-corrected chi connectivity index (χ4v) is 2.29. The van der Waals surface area contributed by atoms with E-state index in [1.165, 1.54) is 11.8 Å². The molecule has 0 aromatic rings. The van der Waals surface area contributed by atoms with Crippen LogP contribution in [0.5, 0.6) is 0 Å². The lowest BCUT2D eigenvalue weighted by atomic mass is 9.91. The van der Waals surface area contributed by atoms with Crippen LogP contribution in [0.1, 0.15) is 40.5 Å². The second-order valence-electron chi connectivity index (χ2n) is 6.27. The van der Waals surface area contributed by atoms with Gasteiger partial charge in [-0.1, -0.05) is 20.8 Å². The molecule has 6 nitrogen and oxygen atoms in total. The van der Waals surface area contributed by atoms with E-state index in [0.717, 1.165) is 0 Å². The molecule has 0 unspecified atom stereocenters. The second-order valence-corrected chi connectivity index (χ2v) is 6.27. The number of hydrogen-bond acceptors (Lipinski definition) is 3. The van der Waals surface area contributed by atoms with Gasteiger partial charge in [0.05, 0.1) is 0 Å². The van der Waals surface area contributed by atoms with E-state index in [4.69, 9.17) is 0 Å². The minimum absolute atomic E-state index is 0.173. The standard InChI is InChI=1S/C13H22N2O4/c1-8(16)14-9-5-10(12(18)19)15(7-9)11(17)6-13(2,3)4/h9-10H,5-7H2,1-4H3,(H,14,16)(H,18,19)/t9-,10+/m1/s1. The molecule has 0 saturated carbocycles. The van der Waals surface area contributed by atoms with Gasteiger partial charge in [0.2, 0.25) is 11.8 Å². The van der Waals surface area contributed by atoms with Crippen LogP contribution in [0.2, 0.25) is 0 Å². The molecule has 108 valence electrons. The van der Waals surface area contributed by atoms with Crippen molar-refractivity contribution in [3.63, 3.8) is 0 Å². The number of hydrogen-bond donors (Lipinski definition) is 2. The first-order valence-electron chi connectivity index (χ1n) is 6.39. The average Bonchev–Trinajstić information content (AvgIpc) is 2.57. The molecule has 1 heterocycles. The summed E-state index contributed by atoms with van der Waals surface area (Å²) in [6.07, 6.45) is 0.564. The Bertz CT molecular complexity index is 387. The summed E-state index contributed by atoms with van der Waals surface area (Å²) in [5.41, 5.74) is -0.188. The molecule has 0 spiro atoms. The number of nitrogens with zero attached hydrogens (tertiary/aromatic N) is 1. The highest BCUT2D eigenvalue weighted by atomic mass is 16.4. The van der Waals surface area contributed by atoms with Crippen molar-refractivity contribution in [1.82, 2.24) is 10.2 Å². The molecule has 1 aliphatic rings. The Hall–Kier alpha value is -1.59. The van der Waals surface area contributed by atoms with Gasteiger partial charge in [0.25, 0.3) is 0 Å². The second kappa shape index (κ2) is 5.59. The lowest BCUT2D eigenvalue weighted by molar-refractivity contribution is -0.148. The van der Waals surface area contributed by atoms with Gasteiger partial charge in [-0.15, -0.1) is 0 Å². The van der Waals surface area contributed by atoms with Crippen molar-refractivity contribution < 1.29 is 19.5 Å². The fourth-order valence-electron chi connectivity index (χ4n) is 2.29. The van der Waals surface area contributed by atoms with Gasteiger partial charge in [-0.25, -0.2) is 4.79 Å². The highest BCUT2D eigenvalue weighted by molar-refractivity contribution is 5.85. The van der Waals surface area contributed by atoms with Crippen LogP contribution in [0.3, 0.4) is 0 Å². The molecule has 1 saturated heterocycles. The van der Waals surface area contributed by atoms with E-state index in [9.17, 15) is 19.5 Å². The van der Waals surface area contributed by atoms with Crippen molar-refractivity contribution in [2.24, 2.45) is 5.41 Å². The molecule has 2 amide bonds. The zero-order valence-corrected chi connectivity index (χ0v) is 11.9. The van der Waals surface area contributed by atoms with Crippen LogP contribution in [0, 0.1) is 5.41 Å². The number of carboxylic acid groups (broad SMARTS) is 1. The topological polar surface area (TPSA) is 86.7 Å². The maximum Gasteiger partial charge on any atom is 0.326 e. The summed E-state index contributed by atoms with van der Waals surface area (Å²) in [5, 5.41) is 11.9. The molecule has 0 aromatic carbocycles. The Morgan fingerprint density at radius 1 is 1.32 bits per heavy atom. The Morgan fingerprint density at radius 3 is 2.32 bits per heavy atom. The van der Waals surface area contributed by atoms with Crippen molar-refractivity contribution in [3.05, 3.63) is 0 Å². The van der Waals surface area contributed by atoms with Gasteiger partial charge in [0.15, 0.2) is 0 Å². The van der Waals surface area contributed by atoms with Gasteiger partial charge < -0.3 is 15.3 Å². The van der Waals surface area contributed by atoms with E-state index in [2.05, 4.69) is 5.32 Å². The fraction of sp³-hybridized carbons (Fsp3) is 0.769. The van der Waals surface area contributed by atoms with Gasteiger partial charge in [-0.05, 0) is 5.41 Å². The Balaban J connectivity index is 2.76. The summed E-state index contributed by atoms with van der Waals surface area (Å²) in [6.45, 7) is 7.45. The predicted molar refractivity (Wildman–Crippen MR) is 69.4 cm³/mol. The molecule has 2 atom stereocenters. The predicted octanol–water partition coefficient (Wildman–Crippen LogP) is 0.613. The van der Waals surface area contributed by atoms with Gasteiger partial charge in [0.1, 0.15) is 6.04 Å². The minimum Gasteiger partial charge on any atom is -0.480 e. The van der Waals surface area contributed by atoms with Crippen LogP contribution in [0.25, 0.3) is 0 Å². The molecule has 0 bridgehead atoms. The van der Waals surface area contributed by atoms with Crippen molar-refractivity contribution in [2.45, 2.75) is 52.6 Å². The van der Waals surface area contributed by atoms with Crippen molar-refractivity contribution in [1.29, 1.82) is 0 Å². The van der Waals surface area contributed by atoms with Gasteiger partial charge in [-0.2, -0.15) is 0 Å². The van der Waals surface area contributed by atoms with Crippen LogP contribution in [-0.2, 0) is 14.4 Å². The smallest absolute Gasteiger partial charge is 0.326 e. The van der Waals surface area contributed by atoms with Crippen LogP contribution in [-0.4, -0.2) is 46.4 Å². The summed E-state index contributed by atoms with van der Waals surface area (Å²) in [4.78, 5) is 35.8. The molecule has 1 aliphatic heterocycles. The summed E-state index contributed by atoms with van der Waals surface area (Å²) in [5.74, 6) is -1.40. The number of rotatable bonds is 3. The minimum atomic E-state index is -1.02. The molecule has 6 heteroatoms. The quantitative estimate of drug-likeness (QED) is 0.786. The summed E-state index contributed by atoms with van der Waals surface area (Å²) >= 11 is 0. The van der Waals surface area contributed by atoms with Crippen LogP contribution in [0.15, 0.2) is 0 Å². The van der Waals surface area contributed by atoms with E-state index in [-0.39, 0.29) is 36.2 Å². The highest BCUT2D eigenvalue weighted by Gasteiger charge is 2.40. The number of carbonyl (C=O) groups excluding carboxylic acids is 2.